The molecule has 5 heteroatoms. The van der Waals surface area contributed by atoms with E-state index >= 15 is 0 Å². The van der Waals surface area contributed by atoms with Gasteiger partial charge in [-0.15, -0.1) is 17.9 Å². The molecule has 0 aliphatic heterocycles. The monoisotopic (exact) mass is 304 g/mol. The number of amides is 1. The quantitative estimate of drug-likeness (QED) is 0.655. The van der Waals surface area contributed by atoms with Crippen LogP contribution in [0.5, 0.6) is 0 Å². The number of aromatic nitrogens is 1. The Morgan fingerprint density at radius 3 is 2.95 bits per heavy atom. The summed E-state index contributed by atoms with van der Waals surface area (Å²) in [4.78, 5) is 16.3. The molecule has 0 unspecified atom stereocenters. The van der Waals surface area contributed by atoms with Gasteiger partial charge in [0.15, 0.2) is 4.34 Å². The lowest BCUT2D eigenvalue weighted by molar-refractivity contribution is -0.120. The van der Waals surface area contributed by atoms with Crippen molar-refractivity contribution in [3.8, 4) is 11.3 Å². The molecule has 3 nitrogen and oxygen atoms in total. The number of carbonyl (C=O) groups excluding carboxylic acids is 1. The zero-order valence-electron chi connectivity index (χ0n) is 11.2. The molecule has 1 heterocycles. The summed E-state index contributed by atoms with van der Waals surface area (Å²) in [6.45, 7) is 5.96. The van der Waals surface area contributed by atoms with Crippen LogP contribution < -0.4 is 5.32 Å². The number of nitrogens with one attached hydrogen (secondary N) is 1. The number of thiazole rings is 1. The van der Waals surface area contributed by atoms with Crippen molar-refractivity contribution >= 4 is 29.0 Å². The summed E-state index contributed by atoms with van der Waals surface area (Å²) in [5, 5.41) is 4.65. The molecule has 1 atom stereocenters. The zero-order chi connectivity index (χ0) is 14.4. The predicted molar refractivity (Wildman–Crippen MR) is 86.1 cm³/mol. The molecule has 2 rings (SSSR count). The molecule has 0 saturated carbocycles. The van der Waals surface area contributed by atoms with Crippen LogP contribution in [0.15, 0.2) is 52.7 Å². The number of benzene rings is 1. The maximum absolute atomic E-state index is 11.8. The first kappa shape index (κ1) is 14.8. The van der Waals surface area contributed by atoms with E-state index in [2.05, 4.69) is 16.9 Å². The first-order chi connectivity index (χ1) is 9.70. The standard InChI is InChI=1S/C15H16N2OS2/c1-3-9-16-14(18)11(2)20-15-17-13(10-19-15)12-7-5-4-6-8-12/h3-8,10-11H,1,9H2,2H3,(H,16,18)/t11-/m0/s1. The van der Waals surface area contributed by atoms with Gasteiger partial charge in [0.1, 0.15) is 0 Å². The maximum atomic E-state index is 11.8. The van der Waals surface area contributed by atoms with Crippen molar-refractivity contribution in [2.45, 2.75) is 16.5 Å². The van der Waals surface area contributed by atoms with Crippen LogP contribution in [0.25, 0.3) is 11.3 Å². The zero-order valence-corrected chi connectivity index (χ0v) is 12.8. The van der Waals surface area contributed by atoms with Gasteiger partial charge in [-0.05, 0) is 6.92 Å². The van der Waals surface area contributed by atoms with Crippen LogP contribution in [0.2, 0.25) is 0 Å². The Labute approximate surface area is 127 Å². The fourth-order valence-corrected chi connectivity index (χ4v) is 3.57. The topological polar surface area (TPSA) is 42.0 Å². The Balaban J connectivity index is 1.99. The minimum Gasteiger partial charge on any atom is -0.352 e. The summed E-state index contributed by atoms with van der Waals surface area (Å²) in [5.74, 6) is 0.00589. The number of hydrogen-bond acceptors (Lipinski definition) is 4. The molecule has 0 fully saturated rings. The molecule has 0 saturated heterocycles. The van der Waals surface area contributed by atoms with E-state index in [9.17, 15) is 4.79 Å². The lowest BCUT2D eigenvalue weighted by Gasteiger charge is -2.08. The molecule has 1 aromatic carbocycles. The van der Waals surface area contributed by atoms with Crippen LogP contribution in [0.4, 0.5) is 0 Å². The molecule has 0 radical (unpaired) electrons. The molecule has 0 spiro atoms. The fourth-order valence-electron chi connectivity index (χ4n) is 1.57. The van der Waals surface area contributed by atoms with Crippen molar-refractivity contribution in [2.75, 3.05) is 6.54 Å². The minimum atomic E-state index is -0.162. The molecule has 1 aromatic heterocycles. The Bertz CT molecular complexity index is 581. The van der Waals surface area contributed by atoms with Gasteiger partial charge in [0.25, 0.3) is 0 Å². The molecular formula is C15H16N2OS2. The maximum Gasteiger partial charge on any atom is 0.233 e. The first-order valence-electron chi connectivity index (χ1n) is 6.27. The number of hydrogen-bond donors (Lipinski definition) is 1. The van der Waals surface area contributed by atoms with Gasteiger partial charge in [-0.25, -0.2) is 4.98 Å². The molecule has 1 N–H and O–H groups in total. The number of rotatable bonds is 6. The van der Waals surface area contributed by atoms with Crippen LogP contribution in [-0.2, 0) is 4.79 Å². The number of carbonyl (C=O) groups is 1. The Kier molecular flexibility index (Phi) is 5.38. The van der Waals surface area contributed by atoms with E-state index in [0.29, 0.717) is 6.54 Å². The first-order valence-corrected chi connectivity index (χ1v) is 8.03. The largest absolute Gasteiger partial charge is 0.352 e. The van der Waals surface area contributed by atoms with Gasteiger partial charge in [-0.3, -0.25) is 4.79 Å². The van der Waals surface area contributed by atoms with Gasteiger partial charge in [-0.1, -0.05) is 48.2 Å². The summed E-state index contributed by atoms with van der Waals surface area (Å²) < 4.78 is 0.908. The van der Waals surface area contributed by atoms with Crippen LogP contribution >= 0.6 is 23.1 Å². The van der Waals surface area contributed by atoms with Crippen molar-refractivity contribution in [3.63, 3.8) is 0 Å². The second kappa shape index (κ2) is 7.26. The van der Waals surface area contributed by atoms with E-state index in [1.54, 1.807) is 17.4 Å². The van der Waals surface area contributed by atoms with E-state index in [0.717, 1.165) is 15.6 Å². The van der Waals surface area contributed by atoms with Crippen LogP contribution in [0.3, 0.4) is 0 Å². The molecule has 0 aliphatic rings. The third-order valence-electron chi connectivity index (χ3n) is 2.62. The van der Waals surface area contributed by atoms with Crippen molar-refractivity contribution < 1.29 is 4.79 Å². The Morgan fingerprint density at radius 2 is 2.25 bits per heavy atom. The van der Waals surface area contributed by atoms with Gasteiger partial charge >= 0.3 is 0 Å². The molecular weight excluding hydrogens is 288 g/mol. The van der Waals surface area contributed by atoms with Crippen molar-refractivity contribution in [1.29, 1.82) is 0 Å². The van der Waals surface area contributed by atoms with Gasteiger partial charge in [0.05, 0.1) is 10.9 Å². The number of nitrogens with zero attached hydrogens (tertiary/aromatic N) is 1. The van der Waals surface area contributed by atoms with Crippen molar-refractivity contribution in [2.24, 2.45) is 0 Å². The highest BCUT2D eigenvalue weighted by atomic mass is 32.2. The summed E-state index contributed by atoms with van der Waals surface area (Å²) in [7, 11) is 0. The highest BCUT2D eigenvalue weighted by Crippen LogP contribution is 2.30. The third-order valence-corrected chi connectivity index (χ3v) is 4.69. The Hall–Kier alpha value is -1.59. The molecule has 0 aliphatic carbocycles. The lowest BCUT2D eigenvalue weighted by Crippen LogP contribution is -2.30. The van der Waals surface area contributed by atoms with Gasteiger partial charge in [0.2, 0.25) is 5.91 Å². The van der Waals surface area contributed by atoms with Crippen LogP contribution in [0.1, 0.15) is 6.92 Å². The molecule has 0 bridgehead atoms. The van der Waals surface area contributed by atoms with Crippen molar-refractivity contribution in [3.05, 3.63) is 48.4 Å². The highest BCUT2D eigenvalue weighted by molar-refractivity contribution is 8.02. The van der Waals surface area contributed by atoms with E-state index in [-0.39, 0.29) is 11.2 Å². The van der Waals surface area contributed by atoms with Crippen LogP contribution in [0, 0.1) is 0 Å². The molecule has 20 heavy (non-hydrogen) atoms. The SMILES string of the molecule is C=CCNC(=O)[C@H](C)Sc1nc(-c2ccccc2)cs1. The summed E-state index contributed by atoms with van der Waals surface area (Å²) in [6.07, 6.45) is 1.67. The second-order valence-electron chi connectivity index (χ2n) is 4.16. The summed E-state index contributed by atoms with van der Waals surface area (Å²) >= 11 is 3.04. The normalized spacial score (nSPS) is 11.8. The van der Waals surface area contributed by atoms with E-state index < -0.39 is 0 Å². The average Bonchev–Trinajstić information content (AvgIpc) is 2.94. The van der Waals surface area contributed by atoms with Crippen LogP contribution in [-0.4, -0.2) is 22.7 Å². The Morgan fingerprint density at radius 1 is 1.50 bits per heavy atom. The van der Waals surface area contributed by atoms with E-state index in [1.165, 1.54) is 11.8 Å². The fraction of sp³-hybridized carbons (Fsp3) is 0.200. The molecule has 104 valence electrons. The van der Waals surface area contributed by atoms with Gasteiger partial charge < -0.3 is 5.32 Å². The molecule has 1 amide bonds. The van der Waals surface area contributed by atoms with Gasteiger partial charge in [-0.2, -0.15) is 0 Å². The van der Waals surface area contributed by atoms with E-state index in [1.807, 2.05) is 42.6 Å². The third kappa shape index (κ3) is 3.95. The highest BCUT2D eigenvalue weighted by Gasteiger charge is 2.15. The smallest absolute Gasteiger partial charge is 0.233 e. The average molecular weight is 304 g/mol. The van der Waals surface area contributed by atoms with Crippen molar-refractivity contribution in [1.82, 2.24) is 10.3 Å². The predicted octanol–water partition coefficient (Wildman–Crippen LogP) is 3.59. The van der Waals surface area contributed by atoms with E-state index in [4.69, 9.17) is 0 Å². The second-order valence-corrected chi connectivity index (χ2v) is 6.60. The minimum absolute atomic E-state index is 0.00589. The summed E-state index contributed by atoms with van der Waals surface area (Å²) in [6, 6.07) is 10.0. The lowest BCUT2D eigenvalue weighted by atomic mass is 10.2. The number of thioether (sulfide) groups is 1. The van der Waals surface area contributed by atoms with Gasteiger partial charge in [0, 0.05) is 17.5 Å². The summed E-state index contributed by atoms with van der Waals surface area (Å²) in [5.41, 5.74) is 2.05. The molecule has 2 aromatic rings.